The van der Waals surface area contributed by atoms with Crippen LogP contribution >= 0.6 is 160 Å². The molecule has 19 aromatic rings. The van der Waals surface area contributed by atoms with Gasteiger partial charge >= 0.3 is 0 Å². The Hall–Kier alpha value is -8.18. The highest BCUT2D eigenvalue weighted by molar-refractivity contribution is 7.40. The smallest absolute Gasteiger partial charge is 0.172 e. The third kappa shape index (κ3) is 18.7. The first-order valence-corrected chi connectivity index (χ1v) is 61.1. The molecule has 16 nitrogen and oxygen atoms in total. The molecule has 0 aliphatic carbocycles. The Bertz CT molecular complexity index is 8490. The zero-order chi connectivity index (χ0) is 109. The molecule has 0 atom stereocenters. The Balaban J connectivity index is 0.000000141. The lowest BCUT2D eigenvalue weighted by Crippen LogP contribution is -2.15. The van der Waals surface area contributed by atoms with Crippen LogP contribution in [-0.4, -0.2) is 91.9 Å². The Kier molecular flexibility index (Phi) is 30.6. The second-order valence-corrected chi connectivity index (χ2v) is 59.8. The van der Waals surface area contributed by atoms with Crippen molar-refractivity contribution >= 4 is 243 Å². The van der Waals surface area contributed by atoms with E-state index in [9.17, 15) is 0 Å². The maximum Gasteiger partial charge on any atom is 0.172 e. The molecule has 14 aromatic heterocycles. The molecule has 788 valence electrons. The summed E-state index contributed by atoms with van der Waals surface area (Å²) in [7, 11) is 13.8. The van der Waals surface area contributed by atoms with Crippen LogP contribution in [0.3, 0.4) is 0 Å². The van der Waals surface area contributed by atoms with E-state index in [1.165, 1.54) is 243 Å². The number of hydrogen-bond acceptors (Lipinski definition) is 30. The number of nitrogens with zero attached hydrogens (tertiary/aromatic N) is 8. The fraction of sp³-hybridized carbons (Fsp3) is 0.475. The van der Waals surface area contributed by atoms with Crippen molar-refractivity contribution in [1.29, 1.82) is 0 Å². The Morgan fingerprint density at radius 2 is 0.358 bits per heavy atom. The molecule has 30 heteroatoms. The molecule has 0 saturated heterocycles. The van der Waals surface area contributed by atoms with Gasteiger partial charge in [-0.1, -0.05) is 166 Å². The van der Waals surface area contributed by atoms with Gasteiger partial charge in [0.15, 0.2) is 46.0 Å². The van der Waals surface area contributed by atoms with Gasteiger partial charge in [-0.25, -0.2) is 0 Å². The lowest BCUT2D eigenvalue weighted by molar-refractivity contribution is 0.347. The van der Waals surface area contributed by atoms with E-state index in [2.05, 4.69) is 277 Å². The van der Waals surface area contributed by atoms with Crippen LogP contribution in [0.5, 0.6) is 46.0 Å². The Labute approximate surface area is 932 Å². The minimum atomic E-state index is -0.191. The Morgan fingerprint density at radius 1 is 0.155 bits per heavy atom. The fourth-order valence-electron chi connectivity index (χ4n) is 21.4. The minimum absolute atomic E-state index is 0.124. The number of thiophene rings is 10. The van der Waals surface area contributed by atoms with E-state index in [-0.39, 0.29) is 43.3 Å². The summed E-state index contributed by atoms with van der Waals surface area (Å²) in [6, 6.07) is 0. The molecule has 0 unspecified atom stereocenters. The third-order valence-corrected chi connectivity index (χ3v) is 47.5. The summed E-state index contributed by atoms with van der Waals surface area (Å²) < 4.78 is 94.9. The van der Waals surface area contributed by atoms with Gasteiger partial charge in [0.05, 0.1) is 145 Å². The van der Waals surface area contributed by atoms with Crippen LogP contribution in [0, 0.1) is 111 Å². The zero-order valence-corrected chi connectivity index (χ0v) is 107. The van der Waals surface area contributed by atoms with E-state index < -0.39 is 0 Å². The van der Waals surface area contributed by atoms with Gasteiger partial charge in [-0.15, -0.1) is 113 Å². The molecule has 14 heterocycles. The number of aromatic nitrogens is 8. The lowest BCUT2D eigenvalue weighted by Gasteiger charge is -2.25. The van der Waals surface area contributed by atoms with Crippen LogP contribution in [0.25, 0.3) is 154 Å². The van der Waals surface area contributed by atoms with E-state index in [0.717, 1.165) is 135 Å². The van der Waals surface area contributed by atoms with Crippen molar-refractivity contribution in [2.45, 2.75) is 320 Å². The van der Waals surface area contributed by atoms with Gasteiger partial charge in [0, 0.05) is 111 Å². The molecule has 0 fully saturated rings. The largest absolute Gasteiger partial charge is 0.492 e. The standard InChI is InChI=1S/C34H42N2O2S4.C30H36N2O2S3.C28H36N2O2S3.C26H30N2O2S4/c1-15-16(2)28(29-17(3)18(4)30(40-29)31-19(5)20(6)32(41-31)34(10,11)12)39-27(15)21-23-24(36-42-35-23)22(33(7,8)9)26(38-14)25(21)37-13;1-13-17-14(2)27(35-25(17)15(3)18-16(4)28(30(8,9)10)36-26(13)18)19-21-22(32-37-31-21)20(29(5,6)7)24(34-12)23(19)33-11;1-13-14(2)24(25-15(3)16(4)26(34-25)28(8,9)10)33-23(13)17-19-20(30-35-29-19)18(27(5,6)7)22(32-12)21(17)31-11;1-11-19(31-22-20(11)32-21-12(2)24(26(6,7)8)33-23(21)22)13-15-16(28-34-27-15)14(25(3,4)5)18(30-10)17(13)29-9/h1-14H3;1-12H3;1-12H3;1-10H3. The summed E-state index contributed by atoms with van der Waals surface area (Å²) in [6.07, 6.45) is 0. The zero-order valence-electron chi connectivity index (χ0n) is 95.6. The van der Waals surface area contributed by atoms with Gasteiger partial charge in [-0.2, -0.15) is 35.0 Å². The van der Waals surface area contributed by atoms with E-state index >= 15 is 0 Å². The summed E-state index contributed by atoms with van der Waals surface area (Å²) in [5.74, 6) is 5.97. The fourth-order valence-corrected chi connectivity index (χ4v) is 38.5. The minimum Gasteiger partial charge on any atom is -0.492 e. The molecule has 0 spiro atoms. The third-order valence-electron chi connectivity index (χ3n) is 28.9. The van der Waals surface area contributed by atoms with Gasteiger partial charge in [0.2, 0.25) is 0 Å². The predicted octanol–water partition coefficient (Wildman–Crippen LogP) is 39.0. The van der Waals surface area contributed by atoms with Crippen molar-refractivity contribution in [3.63, 3.8) is 0 Å². The highest BCUT2D eigenvalue weighted by Gasteiger charge is 2.42. The van der Waals surface area contributed by atoms with Gasteiger partial charge < -0.3 is 37.9 Å². The SMILES string of the molecule is COc1c(OC)c(C(C)(C)C)c2nsnc2c1-c1sc(-c2sc(-c3sc(C(C)(C)C)c(C)c3C)c(C)c2C)c(C)c1C.COc1c(OC)c(C(C)(C)C)c2nsnc2c1-c1sc(-c2sc(C(C)(C)C)c(C)c2C)c(C)c1C.COc1c(OC)c(C(C)(C)C)c2nsnc2c1-c1sc2c(C)c3c(C)c(C(C)(C)C)sc3c(C)c2c1C.COc1c(OC)c(C(C)(C)C)c2nsnc2c1-c1sc2c(sc3c(C)c(C(C)(C)C)sc32)c1C. The van der Waals surface area contributed by atoms with Crippen LogP contribution < -0.4 is 37.9 Å². The van der Waals surface area contributed by atoms with Crippen molar-refractivity contribution in [2.24, 2.45) is 0 Å². The second kappa shape index (κ2) is 40.3. The molecule has 19 rings (SSSR count). The number of rotatable bonds is 15. The number of benzene rings is 5. The van der Waals surface area contributed by atoms with E-state index in [1.54, 1.807) is 56.9 Å². The van der Waals surface area contributed by atoms with Crippen molar-refractivity contribution < 1.29 is 37.9 Å². The molecule has 0 aliphatic rings. The summed E-state index contributed by atoms with van der Waals surface area (Å²) in [5.41, 5.74) is 36.7. The van der Waals surface area contributed by atoms with Crippen LogP contribution in [-0.2, 0) is 43.3 Å². The number of methoxy groups -OCH3 is 8. The molecule has 0 aliphatic heterocycles. The molecular formula is C118H144N8O8S14. The maximum atomic E-state index is 6.13. The number of hydrogen-bond donors (Lipinski definition) is 0. The lowest BCUT2D eigenvalue weighted by atomic mass is 9.83. The highest BCUT2D eigenvalue weighted by atomic mass is 32.2. The first kappa shape index (κ1) is 112. The normalized spacial score (nSPS) is 12.7. The maximum absolute atomic E-state index is 6.13. The van der Waals surface area contributed by atoms with Crippen molar-refractivity contribution in [2.75, 3.05) is 56.9 Å². The van der Waals surface area contributed by atoms with Gasteiger partial charge in [-0.3, -0.25) is 0 Å². The first-order valence-electron chi connectivity index (χ1n) is 50.0. The van der Waals surface area contributed by atoms with Gasteiger partial charge in [0.25, 0.3) is 0 Å². The topological polar surface area (TPSA) is 177 Å². The molecule has 0 bridgehead atoms. The summed E-state index contributed by atoms with van der Waals surface area (Å²) >= 11 is 24.0. The van der Waals surface area contributed by atoms with E-state index in [4.69, 9.17) is 72.9 Å². The molecule has 148 heavy (non-hydrogen) atoms. The van der Waals surface area contributed by atoms with Crippen molar-refractivity contribution in [3.8, 4) is 117 Å². The average molecular weight is 2250 g/mol. The summed E-state index contributed by atoms with van der Waals surface area (Å²) in [4.78, 5) is 18.8. The molecular weight excluding hydrogens is 2110 g/mol. The average Bonchev–Trinajstić information content (AvgIpc) is 1.56. The summed E-state index contributed by atoms with van der Waals surface area (Å²) in [6.45, 7) is 90.1. The summed E-state index contributed by atoms with van der Waals surface area (Å²) in [5, 5.41) is 2.77. The number of ether oxygens (including phenoxy) is 8. The van der Waals surface area contributed by atoms with Crippen LogP contribution in [0.15, 0.2) is 0 Å². The van der Waals surface area contributed by atoms with Crippen LogP contribution in [0.2, 0.25) is 0 Å². The van der Waals surface area contributed by atoms with E-state index in [0.29, 0.717) is 0 Å². The Morgan fingerprint density at radius 3 is 0.635 bits per heavy atom. The number of aryl methyl sites for hydroxylation is 6. The highest BCUT2D eigenvalue weighted by Crippen LogP contribution is 2.64. The van der Waals surface area contributed by atoms with Gasteiger partial charge in [-0.05, 0) is 243 Å². The van der Waals surface area contributed by atoms with Crippen molar-refractivity contribution in [1.82, 2.24) is 35.0 Å². The molecule has 0 saturated carbocycles. The quantitative estimate of drug-likeness (QED) is 0.0946. The van der Waals surface area contributed by atoms with E-state index in [1.807, 2.05) is 113 Å². The number of fused-ring (bicyclic) bond motifs is 9. The molecule has 0 amide bonds. The van der Waals surface area contributed by atoms with Crippen LogP contribution in [0.1, 0.15) is 297 Å². The monoisotopic (exact) mass is 2250 g/mol. The molecule has 5 aromatic carbocycles. The van der Waals surface area contributed by atoms with Crippen LogP contribution in [0.4, 0.5) is 0 Å². The molecule has 0 N–H and O–H groups in total. The van der Waals surface area contributed by atoms with Gasteiger partial charge in [0.1, 0.15) is 44.1 Å². The first-order chi connectivity index (χ1) is 68.9. The van der Waals surface area contributed by atoms with Crippen molar-refractivity contribution in [3.05, 3.63) is 131 Å². The predicted molar refractivity (Wildman–Crippen MR) is 654 cm³/mol. The second-order valence-electron chi connectivity index (χ2n) is 47.5. The molecule has 0 radical (unpaired) electrons.